The van der Waals surface area contributed by atoms with Crippen LogP contribution in [0.3, 0.4) is 0 Å². The predicted molar refractivity (Wildman–Crippen MR) is 76.3 cm³/mol. The molecule has 1 rings (SSSR count). The quantitative estimate of drug-likeness (QED) is 0.837. The van der Waals surface area contributed by atoms with Crippen LogP contribution in [0.2, 0.25) is 0 Å². The minimum Gasteiger partial charge on any atom is -0.478 e. The molecule has 0 unspecified atom stereocenters. The molecule has 6 nitrogen and oxygen atoms in total. The van der Waals surface area contributed by atoms with E-state index in [4.69, 9.17) is 9.84 Å². The number of urea groups is 1. The Balaban J connectivity index is 2.84. The molecule has 20 heavy (non-hydrogen) atoms. The van der Waals surface area contributed by atoms with Crippen LogP contribution < -0.4 is 5.32 Å². The molecule has 0 aliphatic heterocycles. The molecule has 0 bridgehead atoms. The fraction of sp³-hybridized carbons (Fsp3) is 0.429. The lowest BCUT2D eigenvalue weighted by atomic mass is 10.1. The molecular formula is C14H20N2O4. The van der Waals surface area contributed by atoms with Crippen LogP contribution in [-0.2, 0) is 4.74 Å². The van der Waals surface area contributed by atoms with E-state index in [9.17, 15) is 9.59 Å². The van der Waals surface area contributed by atoms with Gasteiger partial charge in [0.25, 0.3) is 0 Å². The van der Waals surface area contributed by atoms with Gasteiger partial charge in [0.15, 0.2) is 0 Å². The zero-order chi connectivity index (χ0) is 15.1. The van der Waals surface area contributed by atoms with E-state index in [-0.39, 0.29) is 11.6 Å². The van der Waals surface area contributed by atoms with Crippen molar-refractivity contribution in [2.45, 2.75) is 13.8 Å². The normalized spacial score (nSPS) is 10.2. The van der Waals surface area contributed by atoms with E-state index >= 15 is 0 Å². The van der Waals surface area contributed by atoms with Gasteiger partial charge in [-0.2, -0.15) is 0 Å². The lowest BCUT2D eigenvalue weighted by Gasteiger charge is -2.21. The predicted octanol–water partition coefficient (Wildman–Crippen LogP) is 2.19. The molecule has 0 aromatic heterocycles. The van der Waals surface area contributed by atoms with Crippen molar-refractivity contribution in [3.05, 3.63) is 29.3 Å². The van der Waals surface area contributed by atoms with Crippen molar-refractivity contribution in [2.24, 2.45) is 0 Å². The number of ether oxygens (including phenoxy) is 1. The van der Waals surface area contributed by atoms with Gasteiger partial charge >= 0.3 is 12.0 Å². The van der Waals surface area contributed by atoms with Crippen molar-refractivity contribution in [1.29, 1.82) is 0 Å². The smallest absolute Gasteiger partial charge is 0.336 e. The van der Waals surface area contributed by atoms with Gasteiger partial charge in [0, 0.05) is 25.9 Å². The van der Waals surface area contributed by atoms with Crippen LogP contribution in [0.5, 0.6) is 0 Å². The first kappa shape index (κ1) is 16.0. The van der Waals surface area contributed by atoms with Gasteiger partial charge in [0.05, 0.1) is 12.2 Å². The van der Waals surface area contributed by atoms with Gasteiger partial charge in [-0.1, -0.05) is 6.07 Å². The molecule has 1 aromatic carbocycles. The van der Waals surface area contributed by atoms with Crippen molar-refractivity contribution in [2.75, 3.05) is 32.1 Å². The number of methoxy groups -OCH3 is 1. The van der Waals surface area contributed by atoms with Crippen LogP contribution >= 0.6 is 0 Å². The highest BCUT2D eigenvalue weighted by Crippen LogP contribution is 2.19. The Bertz CT molecular complexity index is 488. The number of benzene rings is 1. The summed E-state index contributed by atoms with van der Waals surface area (Å²) in [5.74, 6) is -1.01. The summed E-state index contributed by atoms with van der Waals surface area (Å²) in [5.41, 5.74) is 1.23. The van der Waals surface area contributed by atoms with Crippen LogP contribution in [0.15, 0.2) is 18.2 Å². The van der Waals surface area contributed by atoms with Crippen molar-refractivity contribution in [3.63, 3.8) is 0 Å². The molecule has 0 atom stereocenters. The fourth-order valence-corrected chi connectivity index (χ4v) is 1.80. The SMILES string of the molecule is CCN(CCOC)C(=O)Nc1cccc(C(=O)O)c1C. The number of amides is 2. The molecule has 0 heterocycles. The molecule has 2 N–H and O–H groups in total. The van der Waals surface area contributed by atoms with Crippen molar-refractivity contribution >= 4 is 17.7 Å². The van der Waals surface area contributed by atoms with Gasteiger partial charge in [0.2, 0.25) is 0 Å². The highest BCUT2D eigenvalue weighted by atomic mass is 16.5. The number of carbonyl (C=O) groups is 2. The van der Waals surface area contributed by atoms with E-state index in [0.717, 1.165) is 0 Å². The Hall–Kier alpha value is -2.08. The first-order valence-electron chi connectivity index (χ1n) is 6.39. The second-order valence-electron chi connectivity index (χ2n) is 4.29. The Labute approximate surface area is 118 Å². The molecule has 0 saturated heterocycles. The third kappa shape index (κ3) is 3.96. The van der Waals surface area contributed by atoms with Gasteiger partial charge in [-0.3, -0.25) is 0 Å². The summed E-state index contributed by atoms with van der Waals surface area (Å²) in [5, 5.41) is 11.8. The molecular weight excluding hydrogens is 260 g/mol. The Morgan fingerprint density at radius 3 is 2.65 bits per heavy atom. The average molecular weight is 280 g/mol. The standard InChI is InChI=1S/C14H20N2O4/c1-4-16(8-9-20-3)14(19)15-12-7-5-6-11(10(12)2)13(17)18/h5-7H,4,8-9H2,1-3H3,(H,15,19)(H,17,18). The number of rotatable bonds is 6. The second-order valence-corrected chi connectivity index (χ2v) is 4.29. The molecule has 0 fully saturated rings. The van der Waals surface area contributed by atoms with Crippen LogP contribution in [0.1, 0.15) is 22.8 Å². The molecule has 1 aromatic rings. The maximum Gasteiger partial charge on any atom is 0.336 e. The fourth-order valence-electron chi connectivity index (χ4n) is 1.80. The highest BCUT2D eigenvalue weighted by Gasteiger charge is 2.15. The van der Waals surface area contributed by atoms with Gasteiger partial charge in [-0.05, 0) is 31.5 Å². The lowest BCUT2D eigenvalue weighted by Crippen LogP contribution is -2.37. The number of carboxylic acids is 1. The molecule has 2 amide bonds. The van der Waals surface area contributed by atoms with E-state index in [1.165, 1.54) is 6.07 Å². The maximum absolute atomic E-state index is 12.1. The van der Waals surface area contributed by atoms with Crippen molar-refractivity contribution < 1.29 is 19.4 Å². The van der Waals surface area contributed by atoms with E-state index in [1.54, 1.807) is 31.1 Å². The summed E-state index contributed by atoms with van der Waals surface area (Å²) in [7, 11) is 1.58. The van der Waals surface area contributed by atoms with Gasteiger partial charge in [0.1, 0.15) is 0 Å². The Morgan fingerprint density at radius 2 is 2.10 bits per heavy atom. The molecule has 0 radical (unpaired) electrons. The van der Waals surface area contributed by atoms with Gasteiger partial charge in [-0.15, -0.1) is 0 Å². The van der Waals surface area contributed by atoms with E-state index < -0.39 is 5.97 Å². The number of likely N-dealkylation sites (N-methyl/N-ethyl adjacent to an activating group) is 1. The Kier molecular flexibility index (Phi) is 5.99. The van der Waals surface area contributed by atoms with Crippen molar-refractivity contribution in [3.8, 4) is 0 Å². The summed E-state index contributed by atoms with van der Waals surface area (Å²) >= 11 is 0. The summed E-state index contributed by atoms with van der Waals surface area (Å²) in [6, 6.07) is 4.53. The third-order valence-corrected chi connectivity index (χ3v) is 3.04. The van der Waals surface area contributed by atoms with Gasteiger partial charge < -0.3 is 20.1 Å². The summed E-state index contributed by atoms with van der Waals surface area (Å²) in [4.78, 5) is 24.7. The first-order valence-corrected chi connectivity index (χ1v) is 6.39. The molecule has 0 saturated carbocycles. The number of carboxylic acid groups (broad SMARTS) is 1. The number of aromatic carboxylic acids is 1. The molecule has 0 aliphatic rings. The zero-order valence-electron chi connectivity index (χ0n) is 12.0. The van der Waals surface area contributed by atoms with Gasteiger partial charge in [-0.25, -0.2) is 9.59 Å². The monoisotopic (exact) mass is 280 g/mol. The number of nitrogens with zero attached hydrogens (tertiary/aromatic N) is 1. The van der Waals surface area contributed by atoms with Crippen LogP contribution in [0.4, 0.5) is 10.5 Å². The number of nitrogens with one attached hydrogen (secondary N) is 1. The Morgan fingerprint density at radius 1 is 1.40 bits per heavy atom. The zero-order valence-corrected chi connectivity index (χ0v) is 12.0. The molecule has 0 aliphatic carbocycles. The maximum atomic E-state index is 12.1. The second kappa shape index (κ2) is 7.49. The lowest BCUT2D eigenvalue weighted by molar-refractivity contribution is 0.0696. The summed E-state index contributed by atoms with van der Waals surface area (Å²) in [6.07, 6.45) is 0. The van der Waals surface area contributed by atoms with Crippen LogP contribution in [0, 0.1) is 6.92 Å². The number of hydrogen-bond donors (Lipinski definition) is 2. The highest BCUT2D eigenvalue weighted by molar-refractivity contribution is 5.95. The largest absolute Gasteiger partial charge is 0.478 e. The molecule has 6 heteroatoms. The minimum atomic E-state index is -1.01. The average Bonchev–Trinajstić information content (AvgIpc) is 2.41. The van der Waals surface area contributed by atoms with Crippen molar-refractivity contribution in [1.82, 2.24) is 4.90 Å². The molecule has 110 valence electrons. The summed E-state index contributed by atoms with van der Waals surface area (Å²) in [6.45, 7) is 5.03. The number of anilines is 1. The van der Waals surface area contributed by atoms with Crippen LogP contribution in [0.25, 0.3) is 0 Å². The van der Waals surface area contributed by atoms with Crippen LogP contribution in [-0.4, -0.2) is 48.8 Å². The number of carbonyl (C=O) groups excluding carboxylic acids is 1. The summed E-state index contributed by atoms with van der Waals surface area (Å²) < 4.78 is 4.95. The van der Waals surface area contributed by atoms with E-state index in [0.29, 0.717) is 30.9 Å². The third-order valence-electron chi connectivity index (χ3n) is 3.04. The first-order chi connectivity index (χ1) is 9.51. The van der Waals surface area contributed by atoms with E-state index in [1.807, 2.05) is 6.92 Å². The molecule has 0 spiro atoms. The minimum absolute atomic E-state index is 0.183. The van der Waals surface area contributed by atoms with E-state index in [2.05, 4.69) is 5.32 Å². The number of hydrogen-bond acceptors (Lipinski definition) is 3. The topological polar surface area (TPSA) is 78.9 Å².